The van der Waals surface area contributed by atoms with Crippen molar-refractivity contribution in [2.24, 2.45) is 5.10 Å². The van der Waals surface area contributed by atoms with Crippen LogP contribution in [0.15, 0.2) is 70.2 Å². The highest BCUT2D eigenvalue weighted by atomic mass is 79.9. The molecule has 0 atom stereocenters. The smallest absolute Gasteiger partial charge is 0.271 e. The van der Waals surface area contributed by atoms with E-state index in [1.54, 1.807) is 36.4 Å². The number of aryl methyl sites for hydroxylation is 1. The van der Waals surface area contributed by atoms with Crippen molar-refractivity contribution in [2.75, 3.05) is 25.6 Å². The fraction of sp³-hybridized carbons (Fsp3) is 0.222. The molecule has 3 rings (SSSR count). The molecule has 0 aliphatic rings. The van der Waals surface area contributed by atoms with Gasteiger partial charge in [-0.1, -0.05) is 40.5 Å². The van der Waals surface area contributed by atoms with Gasteiger partial charge in [0.1, 0.15) is 5.75 Å². The summed E-state index contributed by atoms with van der Waals surface area (Å²) in [4.78, 5) is 24.9. The van der Waals surface area contributed by atoms with Crippen LogP contribution in [0, 0.1) is 6.92 Å². The van der Waals surface area contributed by atoms with E-state index in [4.69, 9.17) is 14.2 Å². The summed E-state index contributed by atoms with van der Waals surface area (Å²) >= 11 is 3.41. The van der Waals surface area contributed by atoms with Crippen LogP contribution < -0.4 is 25.0 Å². The van der Waals surface area contributed by atoms with Crippen molar-refractivity contribution >= 4 is 39.6 Å². The van der Waals surface area contributed by atoms with E-state index in [1.165, 1.54) is 13.3 Å². The third-order valence-electron chi connectivity index (χ3n) is 4.92. The summed E-state index contributed by atoms with van der Waals surface area (Å²) in [5.41, 5.74) is 5.23. The van der Waals surface area contributed by atoms with Crippen molar-refractivity contribution in [1.29, 1.82) is 0 Å². The molecule has 0 fully saturated rings. The maximum Gasteiger partial charge on any atom is 0.271 e. The van der Waals surface area contributed by atoms with E-state index >= 15 is 0 Å². The zero-order valence-electron chi connectivity index (χ0n) is 20.3. The SMILES string of the molecule is CCCOc1ccc(C(=O)N/N=C/c2cc(Br)ccc2OCC(=O)Nc2ccc(C)cc2)cc1OC. The molecule has 0 saturated heterocycles. The van der Waals surface area contributed by atoms with Crippen LogP contribution in [0.1, 0.15) is 34.8 Å². The van der Waals surface area contributed by atoms with Gasteiger partial charge in [-0.15, -0.1) is 0 Å². The summed E-state index contributed by atoms with van der Waals surface area (Å²) in [7, 11) is 1.52. The van der Waals surface area contributed by atoms with Gasteiger partial charge < -0.3 is 19.5 Å². The maximum absolute atomic E-state index is 12.6. The lowest BCUT2D eigenvalue weighted by Crippen LogP contribution is -2.20. The standard InChI is InChI=1S/C27H28BrN3O5/c1-4-13-35-24-11-7-19(15-25(24)34-3)27(33)31-29-16-20-14-21(28)8-12-23(20)36-17-26(32)30-22-9-5-18(2)6-10-22/h5-12,14-16H,4,13,17H2,1-3H3,(H,30,32)(H,31,33)/b29-16+. The van der Waals surface area contributed by atoms with Crippen LogP contribution >= 0.6 is 15.9 Å². The zero-order valence-corrected chi connectivity index (χ0v) is 21.9. The third-order valence-corrected chi connectivity index (χ3v) is 5.42. The second-order valence-electron chi connectivity index (χ2n) is 7.80. The molecule has 0 radical (unpaired) electrons. The molecule has 0 aliphatic heterocycles. The number of benzene rings is 3. The highest BCUT2D eigenvalue weighted by Gasteiger charge is 2.11. The largest absolute Gasteiger partial charge is 0.493 e. The van der Waals surface area contributed by atoms with E-state index in [0.717, 1.165) is 16.5 Å². The molecule has 2 amide bonds. The van der Waals surface area contributed by atoms with Gasteiger partial charge in [-0.25, -0.2) is 5.43 Å². The molecule has 0 aliphatic carbocycles. The fourth-order valence-corrected chi connectivity index (χ4v) is 3.47. The molecule has 3 aromatic rings. The van der Waals surface area contributed by atoms with Crippen molar-refractivity contribution in [3.63, 3.8) is 0 Å². The van der Waals surface area contributed by atoms with Gasteiger partial charge in [0.2, 0.25) is 0 Å². The monoisotopic (exact) mass is 553 g/mol. The summed E-state index contributed by atoms with van der Waals surface area (Å²) in [6, 6.07) is 17.7. The van der Waals surface area contributed by atoms with Gasteiger partial charge >= 0.3 is 0 Å². The Balaban J connectivity index is 1.62. The number of methoxy groups -OCH3 is 1. The second kappa shape index (κ2) is 13.3. The molecule has 2 N–H and O–H groups in total. The lowest BCUT2D eigenvalue weighted by molar-refractivity contribution is -0.118. The van der Waals surface area contributed by atoms with Gasteiger partial charge in [0.15, 0.2) is 18.1 Å². The molecular formula is C27H28BrN3O5. The minimum atomic E-state index is -0.415. The molecule has 8 nitrogen and oxygen atoms in total. The van der Waals surface area contributed by atoms with Crippen molar-refractivity contribution in [1.82, 2.24) is 5.43 Å². The second-order valence-corrected chi connectivity index (χ2v) is 8.71. The first-order chi connectivity index (χ1) is 17.4. The van der Waals surface area contributed by atoms with Gasteiger partial charge in [0.05, 0.1) is 19.9 Å². The Morgan fingerprint density at radius 3 is 2.44 bits per heavy atom. The molecule has 9 heteroatoms. The number of rotatable bonds is 11. The summed E-state index contributed by atoms with van der Waals surface area (Å²) < 4.78 is 17.4. The number of nitrogens with one attached hydrogen (secondary N) is 2. The molecule has 0 aromatic heterocycles. The van der Waals surface area contributed by atoms with E-state index in [1.807, 2.05) is 38.1 Å². The molecule has 0 saturated carbocycles. The molecule has 0 unspecified atom stereocenters. The van der Waals surface area contributed by atoms with Gasteiger partial charge in [-0.3, -0.25) is 9.59 Å². The van der Waals surface area contributed by atoms with Crippen LogP contribution in [0.25, 0.3) is 0 Å². The Bertz CT molecular complexity index is 1230. The summed E-state index contributed by atoms with van der Waals surface area (Å²) in [5.74, 6) is 0.766. The molecule has 3 aromatic carbocycles. The summed E-state index contributed by atoms with van der Waals surface area (Å²) in [6.45, 7) is 4.35. The number of ether oxygens (including phenoxy) is 3. The number of carbonyl (C=O) groups is 2. The lowest BCUT2D eigenvalue weighted by atomic mass is 10.2. The Morgan fingerprint density at radius 1 is 0.972 bits per heavy atom. The molecule has 188 valence electrons. The Kier molecular flexibility index (Phi) is 9.88. The number of carbonyl (C=O) groups excluding carboxylic acids is 2. The maximum atomic E-state index is 12.6. The first-order valence-corrected chi connectivity index (χ1v) is 12.1. The number of anilines is 1. The predicted octanol–water partition coefficient (Wildman–Crippen LogP) is 5.34. The number of amides is 2. The van der Waals surface area contributed by atoms with E-state index in [2.05, 4.69) is 31.8 Å². The number of hydrazone groups is 1. The minimum absolute atomic E-state index is 0.186. The van der Waals surface area contributed by atoms with Crippen molar-refractivity contribution in [3.8, 4) is 17.2 Å². The highest BCUT2D eigenvalue weighted by molar-refractivity contribution is 9.10. The van der Waals surface area contributed by atoms with Crippen molar-refractivity contribution in [2.45, 2.75) is 20.3 Å². The van der Waals surface area contributed by atoms with Crippen LogP contribution in [0.3, 0.4) is 0 Å². The minimum Gasteiger partial charge on any atom is -0.493 e. The van der Waals surface area contributed by atoms with E-state index in [-0.39, 0.29) is 12.5 Å². The molecule has 0 spiro atoms. The van der Waals surface area contributed by atoms with Gasteiger partial charge in [-0.2, -0.15) is 5.10 Å². The molecule has 36 heavy (non-hydrogen) atoms. The van der Waals surface area contributed by atoms with Crippen molar-refractivity contribution < 1.29 is 23.8 Å². The van der Waals surface area contributed by atoms with Gasteiger partial charge in [0.25, 0.3) is 11.8 Å². The average Bonchev–Trinajstić information content (AvgIpc) is 2.88. The highest BCUT2D eigenvalue weighted by Crippen LogP contribution is 2.28. The van der Waals surface area contributed by atoms with Crippen LogP contribution in [0.5, 0.6) is 17.2 Å². The normalized spacial score (nSPS) is 10.7. The number of nitrogens with zero attached hydrogens (tertiary/aromatic N) is 1. The Hall–Kier alpha value is -3.85. The summed E-state index contributed by atoms with van der Waals surface area (Å²) in [5, 5.41) is 6.84. The van der Waals surface area contributed by atoms with E-state index in [9.17, 15) is 9.59 Å². The van der Waals surface area contributed by atoms with Gasteiger partial charge in [-0.05, 0) is 61.9 Å². The first-order valence-electron chi connectivity index (χ1n) is 11.3. The Labute approximate surface area is 218 Å². The number of halogens is 1. The average molecular weight is 554 g/mol. The third kappa shape index (κ3) is 7.84. The summed E-state index contributed by atoms with van der Waals surface area (Å²) in [6.07, 6.45) is 2.31. The first kappa shape index (κ1) is 26.7. The quantitative estimate of drug-likeness (QED) is 0.247. The van der Waals surface area contributed by atoms with Crippen LogP contribution in [-0.2, 0) is 4.79 Å². The van der Waals surface area contributed by atoms with Crippen LogP contribution in [0.4, 0.5) is 5.69 Å². The van der Waals surface area contributed by atoms with Gasteiger partial charge in [0, 0.05) is 21.3 Å². The molecule has 0 heterocycles. The van der Waals surface area contributed by atoms with Crippen molar-refractivity contribution in [3.05, 3.63) is 81.8 Å². The topological polar surface area (TPSA) is 98.3 Å². The predicted molar refractivity (Wildman–Crippen MR) is 143 cm³/mol. The van der Waals surface area contributed by atoms with E-state index < -0.39 is 5.91 Å². The van der Waals surface area contributed by atoms with Crippen LogP contribution in [0.2, 0.25) is 0 Å². The zero-order chi connectivity index (χ0) is 25.9. The number of hydrogen-bond donors (Lipinski definition) is 2. The van der Waals surface area contributed by atoms with E-state index in [0.29, 0.717) is 40.7 Å². The van der Waals surface area contributed by atoms with Crippen LogP contribution in [-0.4, -0.2) is 38.4 Å². The molecule has 0 bridgehead atoms. The number of hydrogen-bond acceptors (Lipinski definition) is 6. The molecular weight excluding hydrogens is 526 g/mol. The lowest BCUT2D eigenvalue weighted by Gasteiger charge is -2.11. The fourth-order valence-electron chi connectivity index (χ4n) is 3.09. The Morgan fingerprint density at radius 2 is 1.72 bits per heavy atom.